The third-order valence-corrected chi connectivity index (χ3v) is 4.08. The van der Waals surface area contributed by atoms with Crippen LogP contribution in [0.1, 0.15) is 15.9 Å². The van der Waals surface area contributed by atoms with E-state index in [9.17, 15) is 4.79 Å². The lowest BCUT2D eigenvalue weighted by molar-refractivity contribution is 0.0785. The van der Waals surface area contributed by atoms with E-state index in [1.165, 1.54) is 6.26 Å². The average Bonchev–Trinajstić information content (AvgIpc) is 2.86. The molecule has 2 rings (SSSR count). The molecule has 0 atom stereocenters. The summed E-state index contributed by atoms with van der Waals surface area (Å²) in [6.45, 7) is 0.544. The SMILES string of the molecule is CN(Cc1csc(Br)c1)C(=O)c1ccoc1Cl. The number of furan rings is 1. The number of rotatable bonds is 3. The molecule has 2 aromatic heterocycles. The lowest BCUT2D eigenvalue weighted by Gasteiger charge is -2.15. The Balaban J connectivity index is 2.08. The molecule has 3 nitrogen and oxygen atoms in total. The largest absolute Gasteiger partial charge is 0.452 e. The van der Waals surface area contributed by atoms with E-state index in [4.69, 9.17) is 16.0 Å². The summed E-state index contributed by atoms with van der Waals surface area (Å²) in [5, 5.41) is 2.14. The summed E-state index contributed by atoms with van der Waals surface area (Å²) in [5.74, 6) is -0.147. The number of hydrogen-bond donors (Lipinski definition) is 0. The molecule has 0 aliphatic heterocycles. The second kappa shape index (κ2) is 5.25. The van der Waals surface area contributed by atoms with Crippen LogP contribution >= 0.6 is 38.9 Å². The van der Waals surface area contributed by atoms with Crippen molar-refractivity contribution in [1.82, 2.24) is 4.90 Å². The van der Waals surface area contributed by atoms with E-state index in [0.717, 1.165) is 9.35 Å². The second-order valence-corrected chi connectivity index (χ2v) is 6.16. The van der Waals surface area contributed by atoms with Gasteiger partial charge in [-0.25, -0.2) is 0 Å². The quantitative estimate of drug-likeness (QED) is 0.849. The van der Waals surface area contributed by atoms with Gasteiger partial charge >= 0.3 is 0 Å². The zero-order valence-electron chi connectivity index (χ0n) is 8.94. The van der Waals surface area contributed by atoms with Gasteiger partial charge in [0.05, 0.1) is 15.6 Å². The van der Waals surface area contributed by atoms with Crippen molar-refractivity contribution in [2.24, 2.45) is 0 Å². The Hall–Kier alpha value is -0.780. The van der Waals surface area contributed by atoms with E-state index in [1.54, 1.807) is 29.4 Å². The number of carbonyl (C=O) groups is 1. The molecule has 0 saturated carbocycles. The first-order valence-electron chi connectivity index (χ1n) is 4.79. The van der Waals surface area contributed by atoms with Gasteiger partial charge in [-0.2, -0.15) is 0 Å². The monoisotopic (exact) mass is 333 g/mol. The highest BCUT2D eigenvalue weighted by Crippen LogP contribution is 2.23. The van der Waals surface area contributed by atoms with E-state index in [0.29, 0.717) is 12.1 Å². The first kappa shape index (κ1) is 12.7. The molecule has 0 saturated heterocycles. The Kier molecular flexibility index (Phi) is 3.91. The van der Waals surface area contributed by atoms with Crippen molar-refractivity contribution in [2.45, 2.75) is 6.54 Å². The van der Waals surface area contributed by atoms with Crippen LogP contribution in [0.25, 0.3) is 0 Å². The van der Waals surface area contributed by atoms with Crippen molar-refractivity contribution in [3.8, 4) is 0 Å². The van der Waals surface area contributed by atoms with Crippen LogP contribution in [-0.2, 0) is 6.54 Å². The molecular weight excluding hydrogens is 326 g/mol. The molecular formula is C11H9BrClNO2S. The summed E-state index contributed by atoms with van der Waals surface area (Å²) in [5.41, 5.74) is 1.47. The zero-order valence-corrected chi connectivity index (χ0v) is 12.1. The smallest absolute Gasteiger partial charge is 0.258 e. The molecule has 0 N–H and O–H groups in total. The molecule has 0 aliphatic carbocycles. The molecule has 0 spiro atoms. The lowest BCUT2D eigenvalue weighted by Crippen LogP contribution is -2.25. The molecule has 17 heavy (non-hydrogen) atoms. The third-order valence-electron chi connectivity index (χ3n) is 2.24. The van der Waals surface area contributed by atoms with Crippen LogP contribution < -0.4 is 0 Å². The van der Waals surface area contributed by atoms with Gasteiger partial charge in [-0.1, -0.05) is 0 Å². The predicted molar refractivity (Wildman–Crippen MR) is 71.5 cm³/mol. The van der Waals surface area contributed by atoms with Gasteiger partial charge < -0.3 is 9.32 Å². The van der Waals surface area contributed by atoms with Crippen LogP contribution in [0.2, 0.25) is 5.22 Å². The van der Waals surface area contributed by atoms with Crippen molar-refractivity contribution in [3.05, 3.63) is 43.9 Å². The fraction of sp³-hybridized carbons (Fsp3) is 0.182. The fourth-order valence-electron chi connectivity index (χ4n) is 1.43. The van der Waals surface area contributed by atoms with Crippen LogP contribution in [0.5, 0.6) is 0 Å². The molecule has 0 aliphatic rings. The van der Waals surface area contributed by atoms with Gasteiger partial charge in [0, 0.05) is 13.6 Å². The van der Waals surface area contributed by atoms with E-state index >= 15 is 0 Å². The molecule has 0 fully saturated rings. The fourth-order valence-corrected chi connectivity index (χ4v) is 2.82. The molecule has 0 bridgehead atoms. The summed E-state index contributed by atoms with van der Waals surface area (Å²) in [4.78, 5) is 13.6. The lowest BCUT2D eigenvalue weighted by atomic mass is 10.2. The first-order valence-corrected chi connectivity index (χ1v) is 6.84. The van der Waals surface area contributed by atoms with Gasteiger partial charge in [0.15, 0.2) is 0 Å². The summed E-state index contributed by atoms with van der Waals surface area (Å²) in [7, 11) is 1.73. The van der Waals surface area contributed by atoms with Crippen LogP contribution in [0.4, 0.5) is 0 Å². The Bertz CT molecular complexity index is 537. The summed E-state index contributed by atoms with van der Waals surface area (Å²) >= 11 is 10.7. The van der Waals surface area contributed by atoms with Crippen molar-refractivity contribution in [1.29, 1.82) is 0 Å². The van der Waals surface area contributed by atoms with Crippen LogP contribution in [0, 0.1) is 0 Å². The predicted octanol–water partition coefficient (Wildman–Crippen LogP) is 4.03. The van der Waals surface area contributed by atoms with E-state index in [1.807, 2.05) is 11.4 Å². The second-order valence-electron chi connectivity index (χ2n) is 3.53. The van der Waals surface area contributed by atoms with Crippen molar-refractivity contribution < 1.29 is 9.21 Å². The zero-order chi connectivity index (χ0) is 12.4. The first-order chi connectivity index (χ1) is 8.08. The number of thiophene rings is 1. The molecule has 0 radical (unpaired) electrons. The number of nitrogens with zero attached hydrogens (tertiary/aromatic N) is 1. The Labute approximate surface area is 116 Å². The number of halogens is 2. The van der Waals surface area contributed by atoms with Crippen molar-refractivity contribution in [3.63, 3.8) is 0 Å². The Morgan fingerprint density at radius 1 is 1.65 bits per heavy atom. The van der Waals surface area contributed by atoms with E-state index in [-0.39, 0.29) is 11.1 Å². The van der Waals surface area contributed by atoms with Crippen molar-refractivity contribution >= 4 is 44.8 Å². The van der Waals surface area contributed by atoms with E-state index < -0.39 is 0 Å². The van der Waals surface area contributed by atoms with Gasteiger partial charge in [0.2, 0.25) is 5.22 Å². The summed E-state index contributed by atoms with van der Waals surface area (Å²) in [6.07, 6.45) is 1.41. The average molecular weight is 335 g/mol. The van der Waals surface area contributed by atoms with Gasteiger partial charge in [-0.05, 0) is 50.6 Å². The number of amides is 1. The third kappa shape index (κ3) is 2.91. The normalized spacial score (nSPS) is 10.5. The maximum atomic E-state index is 12.0. The summed E-state index contributed by atoms with van der Waals surface area (Å²) in [6, 6.07) is 3.57. The molecule has 2 aromatic rings. The minimum Gasteiger partial charge on any atom is -0.452 e. The molecule has 6 heteroatoms. The minimum absolute atomic E-state index is 0.133. The molecule has 0 aromatic carbocycles. The summed E-state index contributed by atoms with van der Waals surface area (Å²) < 4.78 is 5.95. The van der Waals surface area contributed by atoms with Crippen LogP contribution in [-0.4, -0.2) is 17.9 Å². The molecule has 90 valence electrons. The highest BCUT2D eigenvalue weighted by molar-refractivity contribution is 9.11. The van der Waals surface area contributed by atoms with Crippen LogP contribution in [0.15, 0.2) is 32.0 Å². The topological polar surface area (TPSA) is 33.5 Å². The van der Waals surface area contributed by atoms with Crippen molar-refractivity contribution in [2.75, 3.05) is 7.05 Å². The van der Waals surface area contributed by atoms with Gasteiger partial charge in [0.1, 0.15) is 0 Å². The molecule has 1 amide bonds. The number of carbonyl (C=O) groups excluding carboxylic acids is 1. The maximum absolute atomic E-state index is 12.0. The Morgan fingerprint density at radius 2 is 2.41 bits per heavy atom. The molecule has 2 heterocycles. The maximum Gasteiger partial charge on any atom is 0.258 e. The standard InChI is InChI=1S/C11H9BrClNO2S/c1-14(5-7-4-9(12)17-6-7)11(15)8-2-3-16-10(8)13/h2-4,6H,5H2,1H3. The van der Waals surface area contributed by atoms with Gasteiger partial charge in [-0.3, -0.25) is 4.79 Å². The molecule has 0 unspecified atom stereocenters. The van der Waals surface area contributed by atoms with Gasteiger partial charge in [0.25, 0.3) is 5.91 Å². The highest BCUT2D eigenvalue weighted by atomic mass is 79.9. The highest BCUT2D eigenvalue weighted by Gasteiger charge is 2.17. The number of hydrogen-bond acceptors (Lipinski definition) is 3. The Morgan fingerprint density at radius 3 is 2.94 bits per heavy atom. The van der Waals surface area contributed by atoms with Gasteiger partial charge in [-0.15, -0.1) is 11.3 Å². The van der Waals surface area contributed by atoms with E-state index in [2.05, 4.69) is 15.9 Å². The van der Waals surface area contributed by atoms with Crippen LogP contribution in [0.3, 0.4) is 0 Å². The minimum atomic E-state index is -0.147.